The van der Waals surface area contributed by atoms with E-state index >= 15 is 0 Å². The molecule has 0 saturated carbocycles. The van der Waals surface area contributed by atoms with Crippen LogP contribution in [-0.4, -0.2) is 34.6 Å². The minimum Gasteiger partial charge on any atom is -0.386 e. The zero-order chi connectivity index (χ0) is 13.3. The van der Waals surface area contributed by atoms with E-state index in [4.69, 9.17) is 11.6 Å². The number of hydrogen-bond donors (Lipinski definition) is 1. The van der Waals surface area contributed by atoms with E-state index in [9.17, 15) is 9.90 Å². The summed E-state index contributed by atoms with van der Waals surface area (Å²) in [7, 11) is 0. The molecule has 0 unspecified atom stereocenters. The Morgan fingerprint density at radius 1 is 1.56 bits per heavy atom. The third-order valence-electron chi connectivity index (χ3n) is 3.13. The quantitative estimate of drug-likeness (QED) is 0.924. The van der Waals surface area contributed by atoms with E-state index in [-0.39, 0.29) is 5.91 Å². The molecule has 2 rings (SSSR count). The monoisotopic (exact) mass is 331 g/mol. The fourth-order valence-corrected chi connectivity index (χ4v) is 2.85. The van der Waals surface area contributed by atoms with Crippen molar-refractivity contribution in [3.63, 3.8) is 0 Å². The lowest BCUT2D eigenvalue weighted by molar-refractivity contribution is -0.0860. The molecule has 0 aliphatic carbocycles. The van der Waals surface area contributed by atoms with Gasteiger partial charge in [-0.1, -0.05) is 24.9 Å². The van der Waals surface area contributed by atoms with E-state index in [1.54, 1.807) is 23.1 Å². The Balaban J connectivity index is 2.08. The lowest BCUT2D eigenvalue weighted by Crippen LogP contribution is -2.63. The van der Waals surface area contributed by atoms with Crippen LogP contribution in [0.1, 0.15) is 30.1 Å². The normalized spacial score (nSPS) is 17.4. The first-order chi connectivity index (χ1) is 8.45. The van der Waals surface area contributed by atoms with Crippen molar-refractivity contribution in [2.24, 2.45) is 0 Å². The predicted octanol–water partition coefficient (Wildman–Crippen LogP) is 3.09. The van der Waals surface area contributed by atoms with Crippen LogP contribution in [0.5, 0.6) is 0 Å². The molecule has 1 heterocycles. The van der Waals surface area contributed by atoms with Gasteiger partial charge in [0.05, 0.1) is 24.3 Å². The van der Waals surface area contributed by atoms with Crippen molar-refractivity contribution in [1.82, 2.24) is 4.90 Å². The second kappa shape index (κ2) is 5.19. The smallest absolute Gasteiger partial charge is 0.255 e. The van der Waals surface area contributed by atoms with Gasteiger partial charge in [-0.3, -0.25) is 4.79 Å². The molecular weight excluding hydrogens is 318 g/mol. The van der Waals surface area contributed by atoms with Gasteiger partial charge in [-0.05, 0) is 40.5 Å². The average molecular weight is 333 g/mol. The number of hydrogen-bond acceptors (Lipinski definition) is 2. The Kier molecular flexibility index (Phi) is 3.99. The minimum absolute atomic E-state index is 0.0925. The molecule has 1 aliphatic rings. The van der Waals surface area contributed by atoms with E-state index in [1.807, 2.05) is 6.92 Å². The molecule has 1 amide bonds. The van der Waals surface area contributed by atoms with Gasteiger partial charge in [0, 0.05) is 9.50 Å². The number of amides is 1. The van der Waals surface area contributed by atoms with Crippen molar-refractivity contribution in [1.29, 1.82) is 0 Å². The summed E-state index contributed by atoms with van der Waals surface area (Å²) in [6.45, 7) is 2.83. The molecule has 0 spiro atoms. The highest BCUT2D eigenvalue weighted by Crippen LogP contribution is 2.30. The molecule has 0 atom stereocenters. The zero-order valence-electron chi connectivity index (χ0n) is 10.1. The highest BCUT2D eigenvalue weighted by atomic mass is 79.9. The van der Waals surface area contributed by atoms with Crippen molar-refractivity contribution in [2.45, 2.75) is 25.4 Å². The molecule has 98 valence electrons. The van der Waals surface area contributed by atoms with Gasteiger partial charge in [0.15, 0.2) is 0 Å². The van der Waals surface area contributed by atoms with Gasteiger partial charge in [0.25, 0.3) is 5.91 Å². The lowest BCUT2D eigenvalue weighted by Gasteiger charge is -2.46. The Bertz CT molecular complexity index is 472. The van der Waals surface area contributed by atoms with Crippen LogP contribution < -0.4 is 0 Å². The maximum absolute atomic E-state index is 12.2. The Morgan fingerprint density at radius 3 is 2.83 bits per heavy atom. The highest BCUT2D eigenvalue weighted by molar-refractivity contribution is 9.10. The molecule has 1 aromatic carbocycles. The Morgan fingerprint density at radius 2 is 2.22 bits per heavy atom. The number of carbonyl (C=O) groups is 1. The Hall–Kier alpha value is -0.580. The standard InChI is InChI=1S/C13H15BrClNO2/c1-2-5-13(18)7-16(8-13)12(17)10-6-9(15)3-4-11(10)14/h3-4,6,18H,2,5,7-8H2,1H3. The van der Waals surface area contributed by atoms with Crippen molar-refractivity contribution >= 4 is 33.4 Å². The second-order valence-electron chi connectivity index (χ2n) is 4.76. The van der Waals surface area contributed by atoms with Crippen LogP contribution in [0, 0.1) is 0 Å². The van der Waals surface area contributed by atoms with Gasteiger partial charge < -0.3 is 10.0 Å². The van der Waals surface area contributed by atoms with Crippen LogP contribution in [0.25, 0.3) is 0 Å². The first-order valence-corrected chi connectivity index (χ1v) is 7.09. The van der Waals surface area contributed by atoms with E-state index in [0.717, 1.165) is 17.3 Å². The van der Waals surface area contributed by atoms with Crippen LogP contribution in [0.2, 0.25) is 5.02 Å². The van der Waals surface area contributed by atoms with E-state index in [1.165, 1.54) is 0 Å². The van der Waals surface area contributed by atoms with Crippen LogP contribution >= 0.6 is 27.5 Å². The summed E-state index contributed by atoms with van der Waals surface area (Å²) in [6.07, 6.45) is 1.65. The molecule has 18 heavy (non-hydrogen) atoms. The van der Waals surface area contributed by atoms with Gasteiger partial charge in [-0.15, -0.1) is 0 Å². The third kappa shape index (κ3) is 2.71. The summed E-state index contributed by atoms with van der Waals surface area (Å²) in [5.74, 6) is -0.0925. The number of aliphatic hydroxyl groups is 1. The molecule has 1 N–H and O–H groups in total. The van der Waals surface area contributed by atoms with E-state index < -0.39 is 5.60 Å². The number of likely N-dealkylation sites (tertiary alicyclic amines) is 1. The average Bonchev–Trinajstić information content (AvgIpc) is 2.28. The zero-order valence-corrected chi connectivity index (χ0v) is 12.5. The summed E-state index contributed by atoms with van der Waals surface area (Å²) in [4.78, 5) is 13.9. The fourth-order valence-electron chi connectivity index (χ4n) is 2.26. The van der Waals surface area contributed by atoms with Gasteiger partial charge in [-0.25, -0.2) is 0 Å². The molecule has 1 aliphatic heterocycles. The molecule has 5 heteroatoms. The summed E-state index contributed by atoms with van der Waals surface area (Å²) < 4.78 is 0.725. The molecule has 1 fully saturated rings. The summed E-state index contributed by atoms with van der Waals surface area (Å²) in [6, 6.07) is 5.13. The number of carbonyl (C=O) groups excluding carboxylic acids is 1. The molecule has 0 radical (unpaired) electrons. The fraction of sp³-hybridized carbons (Fsp3) is 0.462. The highest BCUT2D eigenvalue weighted by Gasteiger charge is 2.43. The van der Waals surface area contributed by atoms with E-state index in [0.29, 0.717) is 23.7 Å². The topological polar surface area (TPSA) is 40.5 Å². The number of rotatable bonds is 3. The number of β-amino-alcohol motifs (C(OH)–C–C–N with tert-alkyl or cyclic N) is 1. The Labute approximate surface area is 120 Å². The molecule has 0 bridgehead atoms. The van der Waals surface area contributed by atoms with Crippen molar-refractivity contribution in [3.8, 4) is 0 Å². The van der Waals surface area contributed by atoms with Crippen molar-refractivity contribution < 1.29 is 9.90 Å². The van der Waals surface area contributed by atoms with Gasteiger partial charge in [0.1, 0.15) is 0 Å². The largest absolute Gasteiger partial charge is 0.386 e. The SMILES string of the molecule is CCCC1(O)CN(C(=O)c2cc(Cl)ccc2Br)C1. The number of nitrogens with zero attached hydrogens (tertiary/aromatic N) is 1. The lowest BCUT2D eigenvalue weighted by atomic mass is 9.89. The van der Waals surface area contributed by atoms with Crippen molar-refractivity contribution in [2.75, 3.05) is 13.1 Å². The minimum atomic E-state index is -0.699. The maximum atomic E-state index is 12.2. The van der Waals surface area contributed by atoms with Crippen LogP contribution in [-0.2, 0) is 0 Å². The molecule has 3 nitrogen and oxygen atoms in total. The van der Waals surface area contributed by atoms with Crippen molar-refractivity contribution in [3.05, 3.63) is 33.3 Å². The molecule has 1 saturated heterocycles. The maximum Gasteiger partial charge on any atom is 0.255 e. The molecule has 0 aromatic heterocycles. The van der Waals surface area contributed by atoms with Crippen LogP contribution in [0.3, 0.4) is 0 Å². The predicted molar refractivity (Wildman–Crippen MR) is 74.9 cm³/mol. The summed E-state index contributed by atoms with van der Waals surface area (Å²) >= 11 is 9.23. The first kappa shape index (κ1) is 13.8. The van der Waals surface area contributed by atoms with Gasteiger partial charge in [-0.2, -0.15) is 0 Å². The first-order valence-electron chi connectivity index (χ1n) is 5.92. The third-order valence-corrected chi connectivity index (χ3v) is 4.06. The number of halogens is 2. The van der Waals surface area contributed by atoms with Gasteiger partial charge in [0.2, 0.25) is 0 Å². The van der Waals surface area contributed by atoms with Crippen LogP contribution in [0.15, 0.2) is 22.7 Å². The van der Waals surface area contributed by atoms with Gasteiger partial charge >= 0.3 is 0 Å². The summed E-state index contributed by atoms with van der Waals surface area (Å²) in [5, 5.41) is 10.6. The molecule has 1 aromatic rings. The van der Waals surface area contributed by atoms with E-state index in [2.05, 4.69) is 15.9 Å². The second-order valence-corrected chi connectivity index (χ2v) is 6.05. The van der Waals surface area contributed by atoms with Crippen LogP contribution in [0.4, 0.5) is 0 Å². The summed E-state index contributed by atoms with van der Waals surface area (Å²) in [5.41, 5.74) is -0.156. The number of benzene rings is 1. The molecular formula is C13H15BrClNO2.